The normalized spacial score (nSPS) is 20.7. The Hall–Kier alpha value is -3.97. The van der Waals surface area contributed by atoms with E-state index < -0.39 is 0 Å². The van der Waals surface area contributed by atoms with Gasteiger partial charge in [-0.05, 0) is 145 Å². The van der Waals surface area contributed by atoms with Crippen LogP contribution in [-0.2, 0) is 6.42 Å². The number of allylic oxidation sites excluding steroid dienone is 7. The topological polar surface area (TPSA) is 23.9 Å². The van der Waals surface area contributed by atoms with Gasteiger partial charge >= 0.3 is 0 Å². The molecule has 5 rings (SSSR count). The summed E-state index contributed by atoms with van der Waals surface area (Å²) in [6.07, 6.45) is 13.3. The lowest BCUT2D eigenvalue weighted by atomic mass is 9.75. The number of halogens is 2. The molecule has 1 fully saturated rings. The quantitative estimate of drug-likeness (QED) is 0.175. The van der Waals surface area contributed by atoms with Gasteiger partial charge in [0.15, 0.2) is 0 Å². The third-order valence-electron chi connectivity index (χ3n) is 10.5. The molecule has 248 valence electrons. The Labute approximate surface area is 292 Å². The summed E-state index contributed by atoms with van der Waals surface area (Å²) in [5, 5.41) is 9.47. The van der Waals surface area contributed by atoms with Crippen molar-refractivity contribution in [1.29, 1.82) is 5.41 Å². The molecule has 1 nitrogen and oxygen atoms in total. The van der Waals surface area contributed by atoms with E-state index in [4.69, 9.17) is 17.0 Å². The van der Waals surface area contributed by atoms with Crippen LogP contribution >= 0.6 is 11.6 Å². The zero-order chi connectivity index (χ0) is 34.4. The van der Waals surface area contributed by atoms with Gasteiger partial charge in [0.05, 0.1) is 5.71 Å². The first kappa shape index (κ1) is 35.3. The summed E-state index contributed by atoms with van der Waals surface area (Å²) in [5.74, 6) is 2.11. The summed E-state index contributed by atoms with van der Waals surface area (Å²) in [4.78, 5) is 0. The van der Waals surface area contributed by atoms with Crippen LogP contribution in [0.25, 0.3) is 16.7 Å². The van der Waals surface area contributed by atoms with Gasteiger partial charge in [0.25, 0.3) is 0 Å². The maximum atomic E-state index is 15.2. The smallest absolute Gasteiger partial charge is 0.127 e. The van der Waals surface area contributed by atoms with Gasteiger partial charge < -0.3 is 0 Å². The Morgan fingerprint density at radius 1 is 1.00 bits per heavy atom. The lowest BCUT2D eigenvalue weighted by molar-refractivity contribution is 0.222. The van der Waals surface area contributed by atoms with E-state index in [1.54, 1.807) is 0 Å². The molecule has 1 N–H and O–H groups in total. The first-order valence-electron chi connectivity index (χ1n) is 17.5. The van der Waals surface area contributed by atoms with Gasteiger partial charge in [0, 0.05) is 21.7 Å². The zero-order valence-electron chi connectivity index (χ0n) is 29.0. The van der Waals surface area contributed by atoms with E-state index in [0.29, 0.717) is 22.1 Å². The molecule has 0 aliphatic heterocycles. The molecule has 2 aliphatic carbocycles. The molecule has 0 heterocycles. The fourth-order valence-corrected chi connectivity index (χ4v) is 7.54. The Kier molecular flexibility index (Phi) is 11.7. The third-order valence-corrected chi connectivity index (χ3v) is 10.8. The molecule has 1 unspecified atom stereocenters. The van der Waals surface area contributed by atoms with Crippen molar-refractivity contribution in [3.05, 3.63) is 154 Å². The van der Waals surface area contributed by atoms with E-state index in [1.165, 1.54) is 31.7 Å². The van der Waals surface area contributed by atoms with Crippen molar-refractivity contribution in [3.8, 4) is 11.1 Å². The Morgan fingerprint density at radius 2 is 1.73 bits per heavy atom. The van der Waals surface area contributed by atoms with Crippen molar-refractivity contribution >= 4 is 22.9 Å². The van der Waals surface area contributed by atoms with Crippen molar-refractivity contribution in [2.45, 2.75) is 72.6 Å². The van der Waals surface area contributed by atoms with Crippen LogP contribution in [0.2, 0.25) is 5.02 Å². The molecule has 1 saturated carbocycles. The lowest BCUT2D eigenvalue weighted by Crippen LogP contribution is -2.20. The SMILES string of the molecule is C=C1CC(CC)C(=C)C(=CC=C=C(C)C(=N)c2ccc(CC3CCC(C(C)C)CC3)c(F)c2)C=C1c1ccc(-c2ccccc2)cc1Cl. The molecule has 0 saturated heterocycles. The molecular formula is C45H49ClFN. The van der Waals surface area contributed by atoms with E-state index in [1.807, 2.05) is 55.5 Å². The van der Waals surface area contributed by atoms with Crippen molar-refractivity contribution in [2.24, 2.45) is 23.7 Å². The van der Waals surface area contributed by atoms with E-state index in [-0.39, 0.29) is 17.4 Å². The van der Waals surface area contributed by atoms with Crippen LogP contribution in [0.4, 0.5) is 4.39 Å². The average molecular weight is 658 g/mol. The summed E-state index contributed by atoms with van der Waals surface area (Å²) in [6.45, 7) is 17.6. The standard InChI is InChI=1S/C45H49ClFN/c1-7-34-24-31(5)42(41-23-22-38(27-43(41)46)36-13-9-8-10-14-36)26-37(32(34)6)15-11-12-30(4)45(48)40-21-20-39(44(47)28-40)25-33-16-18-35(19-17-33)29(2)3/h8-11,13-15,20-23,26-29,33-35,48H,5-7,16-19,24-25H2,1-4H3. The molecule has 0 aromatic heterocycles. The minimum Gasteiger partial charge on any atom is -0.299 e. The maximum absolute atomic E-state index is 15.2. The fraction of sp³-hybridized carbons (Fsp3) is 0.333. The summed E-state index contributed by atoms with van der Waals surface area (Å²) >= 11 is 6.91. The third kappa shape index (κ3) is 8.35. The Balaban J connectivity index is 1.36. The summed E-state index contributed by atoms with van der Waals surface area (Å²) in [5.41, 5.74) is 12.7. The number of nitrogens with one attached hydrogen (secondary N) is 1. The van der Waals surface area contributed by atoms with Gasteiger partial charge in [-0.3, -0.25) is 5.41 Å². The molecule has 3 aromatic rings. The monoisotopic (exact) mass is 657 g/mol. The van der Waals surface area contributed by atoms with Crippen molar-refractivity contribution in [2.75, 3.05) is 0 Å². The van der Waals surface area contributed by atoms with Gasteiger partial charge in [-0.2, -0.15) is 0 Å². The number of hydrogen-bond donors (Lipinski definition) is 1. The lowest BCUT2D eigenvalue weighted by Gasteiger charge is -2.31. The van der Waals surface area contributed by atoms with Gasteiger partial charge in [-0.1, -0.05) is 100 Å². The predicted molar refractivity (Wildman–Crippen MR) is 204 cm³/mol. The summed E-state index contributed by atoms with van der Waals surface area (Å²) in [7, 11) is 0. The van der Waals surface area contributed by atoms with Crippen molar-refractivity contribution in [3.63, 3.8) is 0 Å². The van der Waals surface area contributed by atoms with Crippen LogP contribution in [0.15, 0.2) is 126 Å². The molecular weight excluding hydrogens is 609 g/mol. The second-order valence-corrected chi connectivity index (χ2v) is 14.4. The van der Waals surface area contributed by atoms with Gasteiger partial charge in [0.1, 0.15) is 5.82 Å². The zero-order valence-corrected chi connectivity index (χ0v) is 29.8. The largest absolute Gasteiger partial charge is 0.299 e. The Morgan fingerprint density at radius 3 is 2.38 bits per heavy atom. The molecule has 0 amide bonds. The second kappa shape index (κ2) is 16.0. The molecule has 48 heavy (non-hydrogen) atoms. The number of hydrogen-bond acceptors (Lipinski definition) is 1. The minimum atomic E-state index is -0.212. The van der Waals surface area contributed by atoms with Crippen LogP contribution in [0.3, 0.4) is 0 Å². The first-order chi connectivity index (χ1) is 23.0. The summed E-state index contributed by atoms with van der Waals surface area (Å²) in [6, 6.07) is 21.7. The van der Waals surface area contributed by atoms with Gasteiger partial charge in [-0.15, -0.1) is 5.73 Å². The van der Waals surface area contributed by atoms with Crippen molar-refractivity contribution < 1.29 is 4.39 Å². The molecule has 0 bridgehead atoms. The van der Waals surface area contributed by atoms with E-state index >= 15 is 4.39 Å². The molecule has 1 atom stereocenters. The average Bonchev–Trinajstić information content (AvgIpc) is 3.20. The van der Waals surface area contributed by atoms with E-state index in [9.17, 15) is 0 Å². The highest BCUT2D eigenvalue weighted by Crippen LogP contribution is 2.41. The molecule has 0 spiro atoms. The van der Waals surface area contributed by atoms with Crippen LogP contribution in [0, 0.1) is 34.9 Å². The highest BCUT2D eigenvalue weighted by molar-refractivity contribution is 6.33. The highest BCUT2D eigenvalue weighted by atomic mass is 35.5. The molecule has 3 aromatic carbocycles. The van der Waals surface area contributed by atoms with E-state index in [0.717, 1.165) is 75.6 Å². The van der Waals surface area contributed by atoms with Crippen LogP contribution < -0.4 is 0 Å². The molecule has 3 heteroatoms. The predicted octanol–water partition coefficient (Wildman–Crippen LogP) is 13.2. The second-order valence-electron chi connectivity index (χ2n) is 14.0. The summed E-state index contributed by atoms with van der Waals surface area (Å²) < 4.78 is 15.2. The number of rotatable bonds is 9. The van der Waals surface area contributed by atoms with Gasteiger partial charge in [-0.25, -0.2) is 4.39 Å². The van der Waals surface area contributed by atoms with Crippen molar-refractivity contribution in [1.82, 2.24) is 0 Å². The fourth-order valence-electron chi connectivity index (χ4n) is 7.26. The van der Waals surface area contributed by atoms with Gasteiger partial charge in [0.2, 0.25) is 0 Å². The maximum Gasteiger partial charge on any atom is 0.127 e. The molecule has 2 aliphatic rings. The number of benzene rings is 3. The van der Waals surface area contributed by atoms with E-state index in [2.05, 4.69) is 70.0 Å². The highest BCUT2D eigenvalue weighted by Gasteiger charge is 2.25. The van der Waals surface area contributed by atoms with Crippen LogP contribution in [-0.4, -0.2) is 5.71 Å². The first-order valence-corrected chi connectivity index (χ1v) is 17.9. The van der Waals surface area contributed by atoms with Crippen LogP contribution in [0.5, 0.6) is 0 Å². The minimum absolute atomic E-state index is 0.212. The Bertz CT molecular complexity index is 1810. The van der Waals surface area contributed by atoms with Crippen LogP contribution in [0.1, 0.15) is 82.9 Å². The molecule has 0 radical (unpaired) electrons.